The summed E-state index contributed by atoms with van der Waals surface area (Å²) in [6.45, 7) is 4.94. The lowest BCUT2D eigenvalue weighted by Gasteiger charge is -2.35. The number of hydrogen-bond acceptors (Lipinski definition) is 6. The van der Waals surface area contributed by atoms with Gasteiger partial charge in [0.15, 0.2) is 5.13 Å². The maximum atomic E-state index is 12.4. The maximum Gasteiger partial charge on any atom is 0.247 e. The van der Waals surface area contributed by atoms with Crippen LogP contribution in [0.25, 0.3) is 0 Å². The Labute approximate surface area is 120 Å². The lowest BCUT2D eigenvalue weighted by molar-refractivity contribution is -0.134. The minimum absolute atomic E-state index is 0.0919. The molecule has 1 atom stereocenters. The fourth-order valence-electron chi connectivity index (χ4n) is 2.28. The van der Waals surface area contributed by atoms with Gasteiger partial charge in [-0.05, 0) is 6.92 Å². The first-order valence-electron chi connectivity index (χ1n) is 6.53. The van der Waals surface area contributed by atoms with Crippen molar-refractivity contribution in [1.29, 1.82) is 0 Å². The predicted molar refractivity (Wildman–Crippen MR) is 75.6 cm³/mol. The van der Waals surface area contributed by atoms with E-state index in [4.69, 9.17) is 0 Å². The average molecular weight is 292 g/mol. The van der Waals surface area contributed by atoms with Crippen molar-refractivity contribution in [3.63, 3.8) is 0 Å². The van der Waals surface area contributed by atoms with Gasteiger partial charge in [0.05, 0.1) is 0 Å². The summed E-state index contributed by atoms with van der Waals surface area (Å²) in [6.07, 6.45) is 4.84. The van der Waals surface area contributed by atoms with E-state index in [0.717, 1.165) is 31.3 Å². The lowest BCUT2D eigenvalue weighted by Crippen LogP contribution is -2.50. The van der Waals surface area contributed by atoms with Crippen LogP contribution in [0.4, 0.5) is 5.13 Å². The Morgan fingerprint density at radius 1 is 1.35 bits per heavy atom. The standard InChI is InChI=1S/C12H16N6OS/c1-10(18-9-13-8-15-18)11(19)16-3-5-17(6-4-16)12-14-2-7-20-12/h2,7-10H,3-6H2,1H3/t10-/m0/s1. The van der Waals surface area contributed by atoms with E-state index in [1.807, 2.05) is 23.4 Å². The highest BCUT2D eigenvalue weighted by Gasteiger charge is 2.26. The molecule has 8 heteroatoms. The highest BCUT2D eigenvalue weighted by molar-refractivity contribution is 7.13. The van der Waals surface area contributed by atoms with Crippen LogP contribution in [0.5, 0.6) is 0 Å². The van der Waals surface area contributed by atoms with Crippen LogP contribution in [-0.4, -0.2) is 56.7 Å². The first-order chi connectivity index (χ1) is 9.75. The maximum absolute atomic E-state index is 12.4. The number of rotatable bonds is 3. The molecule has 1 fully saturated rings. The Morgan fingerprint density at radius 2 is 2.15 bits per heavy atom. The van der Waals surface area contributed by atoms with Crippen LogP contribution in [0, 0.1) is 0 Å². The molecule has 3 heterocycles. The normalized spacial score (nSPS) is 17.2. The van der Waals surface area contributed by atoms with E-state index in [0.29, 0.717) is 0 Å². The van der Waals surface area contributed by atoms with Gasteiger partial charge in [-0.1, -0.05) is 0 Å². The van der Waals surface area contributed by atoms with Crippen molar-refractivity contribution in [3.05, 3.63) is 24.2 Å². The third-order valence-electron chi connectivity index (χ3n) is 3.47. The van der Waals surface area contributed by atoms with Gasteiger partial charge < -0.3 is 9.80 Å². The van der Waals surface area contributed by atoms with Gasteiger partial charge in [0.2, 0.25) is 5.91 Å². The third-order valence-corrected chi connectivity index (χ3v) is 4.30. The molecule has 0 aromatic carbocycles. The molecule has 0 spiro atoms. The number of carbonyl (C=O) groups excluding carboxylic acids is 1. The zero-order valence-corrected chi connectivity index (χ0v) is 12.0. The van der Waals surface area contributed by atoms with Crippen LogP contribution >= 0.6 is 11.3 Å². The highest BCUT2D eigenvalue weighted by Crippen LogP contribution is 2.19. The van der Waals surface area contributed by atoms with Gasteiger partial charge >= 0.3 is 0 Å². The summed E-state index contributed by atoms with van der Waals surface area (Å²) in [6, 6.07) is -0.302. The topological polar surface area (TPSA) is 67.2 Å². The fraction of sp³-hybridized carbons (Fsp3) is 0.500. The molecule has 0 N–H and O–H groups in total. The molecule has 1 amide bonds. The van der Waals surface area contributed by atoms with Crippen molar-refractivity contribution < 1.29 is 4.79 Å². The molecule has 3 rings (SSSR count). The van der Waals surface area contributed by atoms with E-state index in [1.54, 1.807) is 22.3 Å². The number of anilines is 1. The molecule has 1 aliphatic rings. The van der Waals surface area contributed by atoms with Gasteiger partial charge in [0, 0.05) is 37.8 Å². The van der Waals surface area contributed by atoms with E-state index in [-0.39, 0.29) is 11.9 Å². The molecule has 0 aliphatic carbocycles. The van der Waals surface area contributed by atoms with Crippen LogP contribution < -0.4 is 4.90 Å². The van der Waals surface area contributed by atoms with Gasteiger partial charge in [-0.25, -0.2) is 14.6 Å². The van der Waals surface area contributed by atoms with Crippen LogP contribution in [-0.2, 0) is 4.79 Å². The van der Waals surface area contributed by atoms with Crippen molar-refractivity contribution in [2.24, 2.45) is 0 Å². The number of amides is 1. The van der Waals surface area contributed by atoms with Gasteiger partial charge in [-0.15, -0.1) is 11.3 Å². The second-order valence-electron chi connectivity index (χ2n) is 4.68. The summed E-state index contributed by atoms with van der Waals surface area (Å²) in [7, 11) is 0. The summed E-state index contributed by atoms with van der Waals surface area (Å²) in [4.78, 5) is 24.7. The molecular formula is C12H16N6OS. The zero-order valence-electron chi connectivity index (χ0n) is 11.2. The second kappa shape index (κ2) is 5.58. The summed E-state index contributed by atoms with van der Waals surface area (Å²) in [5.41, 5.74) is 0. The Kier molecular flexibility index (Phi) is 3.64. The minimum atomic E-state index is -0.302. The fourth-order valence-corrected chi connectivity index (χ4v) is 2.98. The van der Waals surface area contributed by atoms with Gasteiger partial charge in [0.1, 0.15) is 18.7 Å². The molecule has 0 bridgehead atoms. The molecule has 0 radical (unpaired) electrons. The number of aromatic nitrogens is 4. The second-order valence-corrected chi connectivity index (χ2v) is 5.55. The first-order valence-corrected chi connectivity index (χ1v) is 7.41. The Morgan fingerprint density at radius 3 is 2.75 bits per heavy atom. The Hall–Kier alpha value is -1.96. The predicted octanol–water partition coefficient (Wildman–Crippen LogP) is 0.644. The minimum Gasteiger partial charge on any atom is -0.345 e. The largest absolute Gasteiger partial charge is 0.345 e. The molecule has 1 aliphatic heterocycles. The van der Waals surface area contributed by atoms with Crippen molar-refractivity contribution in [3.8, 4) is 0 Å². The van der Waals surface area contributed by atoms with Gasteiger partial charge in [0.25, 0.3) is 0 Å². The summed E-state index contributed by atoms with van der Waals surface area (Å²) in [5.74, 6) is 0.0919. The summed E-state index contributed by atoms with van der Waals surface area (Å²) < 4.78 is 1.59. The molecule has 0 unspecified atom stereocenters. The first kappa shape index (κ1) is 13.0. The van der Waals surface area contributed by atoms with E-state index in [2.05, 4.69) is 20.0 Å². The Bertz CT molecular complexity index is 547. The van der Waals surface area contributed by atoms with Gasteiger partial charge in [-0.2, -0.15) is 5.10 Å². The van der Waals surface area contributed by atoms with Crippen molar-refractivity contribution in [2.75, 3.05) is 31.1 Å². The number of nitrogens with zero attached hydrogens (tertiary/aromatic N) is 6. The van der Waals surface area contributed by atoms with E-state index in [9.17, 15) is 4.79 Å². The molecule has 2 aromatic heterocycles. The monoisotopic (exact) mass is 292 g/mol. The van der Waals surface area contributed by atoms with E-state index < -0.39 is 0 Å². The Balaban J connectivity index is 1.59. The molecule has 0 saturated carbocycles. The molecular weight excluding hydrogens is 276 g/mol. The smallest absolute Gasteiger partial charge is 0.247 e. The number of piperazine rings is 1. The number of hydrogen-bond donors (Lipinski definition) is 0. The highest BCUT2D eigenvalue weighted by atomic mass is 32.1. The van der Waals surface area contributed by atoms with Gasteiger partial charge in [-0.3, -0.25) is 4.79 Å². The third kappa shape index (κ3) is 2.51. The van der Waals surface area contributed by atoms with Crippen LogP contribution in [0.3, 0.4) is 0 Å². The van der Waals surface area contributed by atoms with Crippen LogP contribution in [0.1, 0.15) is 13.0 Å². The SMILES string of the molecule is C[C@@H](C(=O)N1CCN(c2nccs2)CC1)n1cncn1. The van der Waals surface area contributed by atoms with Crippen molar-refractivity contribution in [2.45, 2.75) is 13.0 Å². The molecule has 1 saturated heterocycles. The molecule has 7 nitrogen and oxygen atoms in total. The van der Waals surface area contributed by atoms with E-state index >= 15 is 0 Å². The molecule has 20 heavy (non-hydrogen) atoms. The zero-order chi connectivity index (χ0) is 13.9. The quantitative estimate of drug-likeness (QED) is 0.830. The lowest BCUT2D eigenvalue weighted by atomic mass is 10.2. The number of carbonyl (C=O) groups is 1. The summed E-state index contributed by atoms with van der Waals surface area (Å²) in [5, 5.41) is 7.03. The van der Waals surface area contributed by atoms with Crippen molar-refractivity contribution >= 4 is 22.4 Å². The van der Waals surface area contributed by atoms with Crippen LogP contribution in [0.2, 0.25) is 0 Å². The number of thiazole rings is 1. The average Bonchev–Trinajstić information content (AvgIpc) is 3.18. The molecule has 2 aromatic rings. The molecule has 106 valence electrons. The summed E-state index contributed by atoms with van der Waals surface area (Å²) >= 11 is 1.63. The van der Waals surface area contributed by atoms with Crippen LogP contribution in [0.15, 0.2) is 24.2 Å². The van der Waals surface area contributed by atoms with Crippen molar-refractivity contribution in [1.82, 2.24) is 24.6 Å². The van der Waals surface area contributed by atoms with E-state index in [1.165, 1.54) is 6.33 Å².